The maximum atomic E-state index is 12.8. The molecule has 1 aromatic carbocycles. The molecule has 1 saturated heterocycles. The van der Waals surface area contributed by atoms with E-state index in [1.807, 2.05) is 0 Å². The molecular weight excluding hydrogens is 382 g/mol. The molecule has 1 aromatic heterocycles. The number of rotatable bonds is 5. The zero-order chi connectivity index (χ0) is 18.7. The van der Waals surface area contributed by atoms with Gasteiger partial charge < -0.3 is 0 Å². The van der Waals surface area contributed by atoms with Crippen molar-refractivity contribution in [3.8, 4) is 0 Å². The Balaban J connectivity index is 1.94. The highest BCUT2D eigenvalue weighted by Gasteiger charge is 2.28. The second-order valence-corrected chi connectivity index (χ2v) is 8.76. The fourth-order valence-corrected chi connectivity index (χ4v) is 5.08. The van der Waals surface area contributed by atoms with Gasteiger partial charge in [0.15, 0.2) is 5.16 Å². The van der Waals surface area contributed by atoms with Crippen LogP contribution in [-0.4, -0.2) is 45.9 Å². The number of sulfonamides is 1. The number of aromatic amines is 2. The summed E-state index contributed by atoms with van der Waals surface area (Å²) in [6, 6.07) is 3.77. The average Bonchev–Trinajstić information content (AvgIpc) is 2.85. The molecule has 1 aliphatic rings. The van der Waals surface area contributed by atoms with Crippen LogP contribution in [0.5, 0.6) is 0 Å². The first-order chi connectivity index (χ1) is 12.4. The molecule has 3 rings (SSSR count). The molecule has 0 atom stereocenters. The van der Waals surface area contributed by atoms with Crippen LogP contribution in [0.25, 0.3) is 0 Å². The van der Waals surface area contributed by atoms with Crippen molar-refractivity contribution in [3.05, 3.63) is 38.8 Å². The molecule has 0 unspecified atom stereocenters. The summed E-state index contributed by atoms with van der Waals surface area (Å²) in [5, 5.41) is 17.4. The van der Waals surface area contributed by atoms with Crippen LogP contribution in [0.15, 0.2) is 37.9 Å². The molecule has 0 amide bonds. The van der Waals surface area contributed by atoms with E-state index in [4.69, 9.17) is 0 Å². The number of nitrogens with one attached hydrogen (secondary N) is 2. The normalized spacial score (nSPS) is 16.3. The van der Waals surface area contributed by atoms with Gasteiger partial charge in [-0.15, -0.1) is 5.10 Å². The minimum Gasteiger partial charge on any atom is -0.284 e. The summed E-state index contributed by atoms with van der Waals surface area (Å²) in [4.78, 5) is 24.3. The van der Waals surface area contributed by atoms with Crippen molar-refractivity contribution in [2.45, 2.75) is 40.6 Å². The third-order valence-electron chi connectivity index (χ3n) is 4.02. The molecular formula is C14H17N5O5S2. The molecule has 26 heavy (non-hydrogen) atoms. The first kappa shape index (κ1) is 18.6. The van der Waals surface area contributed by atoms with Crippen LogP contribution in [-0.2, 0) is 10.0 Å². The van der Waals surface area contributed by atoms with Crippen molar-refractivity contribution >= 4 is 27.5 Å². The average molecular weight is 399 g/mol. The molecule has 1 fully saturated rings. The van der Waals surface area contributed by atoms with Gasteiger partial charge in [-0.1, -0.05) is 12.8 Å². The highest BCUT2D eigenvalue weighted by Crippen LogP contribution is 2.35. The van der Waals surface area contributed by atoms with Crippen LogP contribution >= 0.6 is 11.8 Å². The highest BCUT2D eigenvalue weighted by atomic mass is 32.2. The molecule has 0 radical (unpaired) electrons. The molecule has 2 N–H and O–H groups in total. The number of hydrogen-bond acceptors (Lipinski definition) is 7. The summed E-state index contributed by atoms with van der Waals surface area (Å²) in [5.74, 6) is 0. The van der Waals surface area contributed by atoms with Crippen molar-refractivity contribution in [2.75, 3.05) is 13.1 Å². The van der Waals surface area contributed by atoms with Gasteiger partial charge in [0.05, 0.1) is 14.7 Å². The quantitative estimate of drug-likeness (QED) is 0.576. The summed E-state index contributed by atoms with van der Waals surface area (Å²) < 4.78 is 27.0. The van der Waals surface area contributed by atoms with Crippen molar-refractivity contribution in [3.63, 3.8) is 0 Å². The minimum absolute atomic E-state index is 0.106. The summed E-state index contributed by atoms with van der Waals surface area (Å²) in [6.07, 6.45) is 3.51. The Kier molecular flexibility index (Phi) is 5.44. The topological polar surface area (TPSA) is 142 Å². The third kappa shape index (κ3) is 3.97. The second-order valence-electron chi connectivity index (χ2n) is 5.79. The van der Waals surface area contributed by atoms with Gasteiger partial charge in [0.25, 0.3) is 5.69 Å². The molecule has 1 aliphatic heterocycles. The maximum Gasteiger partial charge on any atom is 0.341 e. The van der Waals surface area contributed by atoms with Crippen LogP contribution in [0.2, 0.25) is 0 Å². The van der Waals surface area contributed by atoms with Gasteiger partial charge in [0.2, 0.25) is 10.0 Å². The number of nitro benzene ring substituents is 1. The van der Waals surface area contributed by atoms with Crippen LogP contribution in [0, 0.1) is 10.1 Å². The standard InChI is InChI=1S/C14H17N5O5S2/c20-13-15-14(17-16-13)25-12-6-5-10(9-11(12)19(21)22)26(23,24)18-7-3-1-2-4-8-18/h5-6,9H,1-4,7-8H2,(H2,15,16,17,20). The van der Waals surface area contributed by atoms with E-state index >= 15 is 0 Å². The van der Waals surface area contributed by atoms with E-state index in [-0.39, 0.29) is 20.6 Å². The molecule has 10 nitrogen and oxygen atoms in total. The summed E-state index contributed by atoms with van der Waals surface area (Å²) in [7, 11) is -3.79. The van der Waals surface area contributed by atoms with Crippen LogP contribution in [0.1, 0.15) is 25.7 Å². The zero-order valence-electron chi connectivity index (χ0n) is 13.7. The third-order valence-corrected chi connectivity index (χ3v) is 6.86. The number of aromatic nitrogens is 3. The Bertz CT molecular complexity index is 960. The summed E-state index contributed by atoms with van der Waals surface area (Å²) in [6.45, 7) is 0.836. The fraction of sp³-hybridized carbons (Fsp3) is 0.429. The van der Waals surface area contributed by atoms with E-state index < -0.39 is 20.6 Å². The Morgan fingerprint density at radius 1 is 1.19 bits per heavy atom. The number of nitro groups is 1. The molecule has 12 heteroatoms. The predicted octanol–water partition coefficient (Wildman–Crippen LogP) is 1.72. The first-order valence-corrected chi connectivity index (χ1v) is 10.2. The predicted molar refractivity (Wildman–Crippen MR) is 93.7 cm³/mol. The van der Waals surface area contributed by atoms with Crippen molar-refractivity contribution in [2.24, 2.45) is 0 Å². The van der Waals surface area contributed by atoms with E-state index in [0.29, 0.717) is 13.1 Å². The second kappa shape index (κ2) is 7.60. The van der Waals surface area contributed by atoms with Crippen LogP contribution < -0.4 is 5.69 Å². The van der Waals surface area contributed by atoms with E-state index in [9.17, 15) is 23.3 Å². The molecule has 2 aromatic rings. The summed E-state index contributed by atoms with van der Waals surface area (Å²) >= 11 is 0.874. The Morgan fingerprint density at radius 2 is 1.88 bits per heavy atom. The Morgan fingerprint density at radius 3 is 2.46 bits per heavy atom. The Labute approximate surface area is 153 Å². The minimum atomic E-state index is -3.79. The highest BCUT2D eigenvalue weighted by molar-refractivity contribution is 7.99. The Hall–Kier alpha value is -2.18. The first-order valence-electron chi connectivity index (χ1n) is 7.99. The summed E-state index contributed by atoms with van der Waals surface area (Å²) in [5.41, 5.74) is -0.884. The van der Waals surface area contributed by atoms with Crippen molar-refractivity contribution in [1.29, 1.82) is 0 Å². The molecule has 0 saturated carbocycles. The van der Waals surface area contributed by atoms with Crippen molar-refractivity contribution < 1.29 is 13.3 Å². The lowest BCUT2D eigenvalue weighted by atomic mass is 10.2. The van der Waals surface area contributed by atoms with Crippen molar-refractivity contribution in [1.82, 2.24) is 19.5 Å². The monoisotopic (exact) mass is 399 g/mol. The molecule has 2 heterocycles. The van der Waals surface area contributed by atoms with Gasteiger partial charge in [0.1, 0.15) is 0 Å². The number of hydrogen-bond donors (Lipinski definition) is 2. The zero-order valence-corrected chi connectivity index (χ0v) is 15.3. The van der Waals surface area contributed by atoms with Gasteiger partial charge in [-0.2, -0.15) is 4.31 Å². The molecule has 0 bridgehead atoms. The molecule has 0 aliphatic carbocycles. The molecule has 0 spiro atoms. The van der Waals surface area contributed by atoms with E-state index in [1.165, 1.54) is 16.4 Å². The number of benzene rings is 1. The lowest BCUT2D eigenvalue weighted by Gasteiger charge is -2.20. The lowest BCUT2D eigenvalue weighted by Crippen LogP contribution is -2.31. The maximum absolute atomic E-state index is 12.8. The SMILES string of the molecule is O=c1[nH]nc(Sc2ccc(S(=O)(=O)N3CCCCCC3)cc2[N+](=O)[O-])[nH]1. The van der Waals surface area contributed by atoms with Gasteiger partial charge in [-0.3, -0.25) is 15.1 Å². The number of nitrogens with zero attached hydrogens (tertiary/aromatic N) is 3. The van der Waals surface area contributed by atoms with E-state index in [1.54, 1.807) is 0 Å². The van der Waals surface area contributed by atoms with Gasteiger partial charge in [-0.05, 0) is 36.7 Å². The number of H-pyrrole nitrogens is 2. The van der Waals surface area contributed by atoms with Gasteiger partial charge in [0, 0.05) is 19.2 Å². The fourth-order valence-electron chi connectivity index (χ4n) is 2.72. The van der Waals surface area contributed by atoms with Crippen LogP contribution in [0.4, 0.5) is 5.69 Å². The smallest absolute Gasteiger partial charge is 0.284 e. The lowest BCUT2D eigenvalue weighted by molar-refractivity contribution is -0.388. The largest absolute Gasteiger partial charge is 0.341 e. The van der Waals surface area contributed by atoms with Crippen LogP contribution in [0.3, 0.4) is 0 Å². The van der Waals surface area contributed by atoms with E-state index in [0.717, 1.165) is 43.5 Å². The van der Waals surface area contributed by atoms with E-state index in [2.05, 4.69) is 15.2 Å². The van der Waals surface area contributed by atoms with Gasteiger partial charge >= 0.3 is 5.69 Å². The molecule has 140 valence electrons. The van der Waals surface area contributed by atoms with Gasteiger partial charge in [-0.25, -0.2) is 18.3 Å².